The third kappa shape index (κ3) is 14.0. The van der Waals surface area contributed by atoms with Gasteiger partial charge in [-0.3, -0.25) is 28.8 Å². The van der Waals surface area contributed by atoms with E-state index in [1.165, 1.54) is 50.5 Å². The molecule has 20 heteroatoms. The first-order valence-electron chi connectivity index (χ1n) is 28.6. The number of nitrogens with zero attached hydrogens (tertiary/aromatic N) is 3. The summed E-state index contributed by atoms with van der Waals surface area (Å²) >= 11 is 0. The summed E-state index contributed by atoms with van der Waals surface area (Å²) < 4.78 is 22.7. The molecule has 6 aromatic rings. The van der Waals surface area contributed by atoms with Gasteiger partial charge < -0.3 is 69.6 Å². The topological polar surface area (TPSA) is 304 Å². The lowest BCUT2D eigenvalue weighted by Crippen LogP contribution is -2.65. The molecule has 0 saturated heterocycles. The molecular weight excluding hydrogens is 1080 g/mol. The fourth-order valence-corrected chi connectivity index (χ4v) is 14.2. The van der Waals surface area contributed by atoms with Crippen LogP contribution in [0.3, 0.4) is 0 Å². The molecular formula is C64H75N5O15. The average molecular weight is 1150 g/mol. The number of Topliss-reactive ketones (excluding diaryl/α,β-unsaturated/α-hetero) is 2. The van der Waals surface area contributed by atoms with Crippen molar-refractivity contribution >= 4 is 17.5 Å². The van der Waals surface area contributed by atoms with E-state index < -0.39 is 93.6 Å². The summed E-state index contributed by atoms with van der Waals surface area (Å²) in [5.41, 5.74) is 4.50. The molecule has 84 heavy (non-hydrogen) atoms. The zero-order chi connectivity index (χ0) is 59.7. The number of carbonyl (C=O) groups excluding carboxylic acids is 3. The molecule has 20 nitrogen and oxygen atoms in total. The number of rotatable bonds is 30. The van der Waals surface area contributed by atoms with E-state index in [1.807, 2.05) is 91.0 Å². The predicted octanol–water partition coefficient (Wildman–Crippen LogP) is 4.31. The van der Waals surface area contributed by atoms with Crippen molar-refractivity contribution in [3.05, 3.63) is 192 Å². The van der Waals surface area contributed by atoms with Gasteiger partial charge in [-0.15, -0.1) is 0 Å². The van der Waals surface area contributed by atoms with Crippen LogP contribution in [0.1, 0.15) is 112 Å². The van der Waals surface area contributed by atoms with Gasteiger partial charge in [-0.25, -0.2) is 0 Å². The molecule has 0 aliphatic heterocycles. The summed E-state index contributed by atoms with van der Waals surface area (Å²) in [6.07, 6.45) is 3.86. The van der Waals surface area contributed by atoms with E-state index in [1.54, 1.807) is 0 Å². The maximum atomic E-state index is 15.1. The Morgan fingerprint density at radius 3 is 1.15 bits per heavy atom. The van der Waals surface area contributed by atoms with Crippen molar-refractivity contribution in [1.82, 2.24) is 19.0 Å². The minimum atomic E-state index is -1.30. The normalized spacial score (nSPS) is 21.6. The quantitative estimate of drug-likeness (QED) is 0.0292. The highest BCUT2D eigenvalue weighted by molar-refractivity contribution is 5.98. The third-order valence-corrected chi connectivity index (χ3v) is 17.0. The van der Waals surface area contributed by atoms with Crippen LogP contribution in [0.2, 0.25) is 0 Å². The summed E-state index contributed by atoms with van der Waals surface area (Å²) in [5, 5.41) is 64.9. The van der Waals surface area contributed by atoms with Crippen molar-refractivity contribution in [3.8, 4) is 17.2 Å². The molecule has 4 aliphatic carbocycles. The van der Waals surface area contributed by atoms with Crippen LogP contribution in [0.5, 0.6) is 17.2 Å². The molecule has 3 aromatic heterocycles. The van der Waals surface area contributed by atoms with Crippen LogP contribution in [0.4, 0.5) is 0 Å². The van der Waals surface area contributed by atoms with Gasteiger partial charge in [0.05, 0.1) is 57.8 Å². The summed E-state index contributed by atoms with van der Waals surface area (Å²) in [6.45, 7) is -2.42. The number of hydrogen-bond donors (Lipinski definition) is 8. The standard InChI is InChI=1S/C64H75N5O15/c65-41-63-36-61(21-16-49(76)54-57(82-32-43-10-4-1-5-11-43)51(78)18-23-67(54)26-46(73)29-70)35-62(37-63,22-17-50(77)55-58(83-33-44-12-6-2-7-13-44)52(79)19-24-68(55)27-47(74)30-71)39-64(38-61,40-63)42-66-60(81)56-59(84-34-45-14-8-3-9-15-45)53(80)20-25-69(56)28-48(75)31-72/h1-15,18-20,23-25,46-48,70-75H,16-17,21-22,26-42,65H2,(H,66,81)/t46?,47?,48?,61-,62+,63?,64?. The fourth-order valence-electron chi connectivity index (χ4n) is 14.2. The van der Waals surface area contributed by atoms with Crippen molar-refractivity contribution in [2.45, 2.75) is 122 Å². The van der Waals surface area contributed by atoms with Crippen molar-refractivity contribution in [1.29, 1.82) is 0 Å². The monoisotopic (exact) mass is 1150 g/mol. The van der Waals surface area contributed by atoms with E-state index in [2.05, 4.69) is 5.32 Å². The second-order valence-electron chi connectivity index (χ2n) is 23.7. The van der Waals surface area contributed by atoms with Gasteiger partial charge in [0, 0.05) is 56.2 Å². The van der Waals surface area contributed by atoms with Crippen LogP contribution in [0.25, 0.3) is 0 Å². The number of pyridine rings is 3. The van der Waals surface area contributed by atoms with Crippen molar-refractivity contribution in [2.75, 3.05) is 32.9 Å². The molecule has 3 aromatic carbocycles. The first-order chi connectivity index (χ1) is 40.4. The second kappa shape index (κ2) is 26.6. The lowest BCUT2D eigenvalue weighted by Gasteiger charge is -2.71. The first-order valence-corrected chi connectivity index (χ1v) is 28.6. The Balaban J connectivity index is 1.08. The van der Waals surface area contributed by atoms with Gasteiger partial charge in [0.15, 0.2) is 34.5 Å². The maximum Gasteiger partial charge on any atom is 0.271 e. The highest BCUT2D eigenvalue weighted by Gasteiger charge is 2.67. The molecule has 4 aliphatic rings. The molecule has 5 unspecified atom stereocenters. The van der Waals surface area contributed by atoms with Crippen LogP contribution in [0.15, 0.2) is 142 Å². The van der Waals surface area contributed by atoms with Gasteiger partial charge in [0.1, 0.15) is 31.2 Å². The molecule has 4 bridgehead atoms. The number of nitrogens with one attached hydrogen (secondary N) is 1. The summed E-state index contributed by atoms with van der Waals surface area (Å²) in [7, 11) is 0. The van der Waals surface area contributed by atoms with Crippen LogP contribution in [0, 0.1) is 21.7 Å². The van der Waals surface area contributed by atoms with Crippen LogP contribution in [-0.2, 0) is 39.5 Å². The van der Waals surface area contributed by atoms with Gasteiger partial charge in [-0.05, 0) is 96.3 Å². The Kier molecular flexibility index (Phi) is 19.3. The smallest absolute Gasteiger partial charge is 0.271 e. The molecule has 9 N–H and O–H groups in total. The molecule has 7 atom stereocenters. The van der Waals surface area contributed by atoms with Crippen molar-refractivity contribution in [3.63, 3.8) is 0 Å². The van der Waals surface area contributed by atoms with E-state index in [9.17, 15) is 49.8 Å². The first kappa shape index (κ1) is 61.0. The summed E-state index contributed by atoms with van der Waals surface area (Å²) in [4.78, 5) is 86.2. The number of carbonyl (C=O) groups is 3. The second-order valence-corrected chi connectivity index (χ2v) is 23.7. The Morgan fingerprint density at radius 2 is 0.798 bits per heavy atom. The zero-order valence-corrected chi connectivity index (χ0v) is 47.0. The predicted molar refractivity (Wildman–Crippen MR) is 310 cm³/mol. The minimum absolute atomic E-state index is 0.0368. The number of amides is 1. The van der Waals surface area contributed by atoms with E-state index >= 15 is 9.59 Å². The molecule has 446 valence electrons. The number of ketones is 2. The van der Waals surface area contributed by atoms with E-state index in [0.29, 0.717) is 38.5 Å². The van der Waals surface area contributed by atoms with Gasteiger partial charge in [-0.1, -0.05) is 91.0 Å². The van der Waals surface area contributed by atoms with Crippen LogP contribution < -0.4 is 41.5 Å². The molecule has 10 rings (SSSR count). The number of aromatic nitrogens is 3. The molecule has 1 amide bonds. The number of aliphatic hydroxyl groups is 6. The Morgan fingerprint density at radius 1 is 0.476 bits per heavy atom. The SMILES string of the molecule is NCC12CC3(CNC(=O)c4c(OCc5ccccc5)c(=O)ccn4CC(O)CO)C[C@](CCC(=O)c4c(OCc5ccccc5)c(=O)ccn4CC(O)CO)(C1)C[C@](CCC(=O)c1c(OCc4ccccc4)c(=O)ccn1CC(O)CO)(C2)C3. The van der Waals surface area contributed by atoms with Crippen LogP contribution >= 0.6 is 0 Å². The highest BCUT2D eigenvalue weighted by Crippen LogP contribution is 2.75. The van der Waals surface area contributed by atoms with E-state index in [-0.39, 0.29) is 113 Å². The number of aliphatic hydroxyl groups excluding tert-OH is 6. The van der Waals surface area contributed by atoms with Crippen LogP contribution in [-0.4, -0.2) is 113 Å². The van der Waals surface area contributed by atoms with Crippen molar-refractivity contribution < 1.29 is 59.2 Å². The number of nitrogens with two attached hydrogens (primary N) is 1. The number of hydrogen-bond acceptors (Lipinski definition) is 16. The Bertz CT molecular complexity index is 3090. The lowest BCUT2D eigenvalue weighted by atomic mass is 9.34. The molecule has 0 radical (unpaired) electrons. The van der Waals surface area contributed by atoms with Gasteiger partial charge in [0.2, 0.25) is 16.3 Å². The maximum absolute atomic E-state index is 15.1. The zero-order valence-electron chi connectivity index (χ0n) is 47.0. The molecule has 0 spiro atoms. The van der Waals surface area contributed by atoms with Gasteiger partial charge in [0.25, 0.3) is 5.91 Å². The van der Waals surface area contributed by atoms with Gasteiger partial charge in [-0.2, -0.15) is 0 Å². The lowest BCUT2D eigenvalue weighted by molar-refractivity contribution is -0.200. The highest BCUT2D eigenvalue weighted by atomic mass is 16.5. The number of benzene rings is 3. The third-order valence-electron chi connectivity index (χ3n) is 17.0. The Hall–Kier alpha value is -7.56. The average Bonchev–Trinajstić information content (AvgIpc) is 0.712. The molecule has 4 fully saturated rings. The summed E-state index contributed by atoms with van der Waals surface area (Å²) in [6, 6.07) is 31.0. The fraction of sp³-hybridized carbons (Fsp3) is 0.438. The van der Waals surface area contributed by atoms with Crippen molar-refractivity contribution in [2.24, 2.45) is 27.4 Å². The van der Waals surface area contributed by atoms with Gasteiger partial charge >= 0.3 is 0 Å². The van der Waals surface area contributed by atoms with E-state index in [0.717, 1.165) is 16.7 Å². The largest absolute Gasteiger partial charge is 0.483 e. The molecule has 4 saturated carbocycles. The van der Waals surface area contributed by atoms with E-state index in [4.69, 9.17) is 19.9 Å². The number of ether oxygens (including phenoxy) is 3. The summed E-state index contributed by atoms with van der Waals surface area (Å²) in [5.74, 6) is -2.24. The Labute approximate surface area is 485 Å². The molecule has 3 heterocycles. The minimum Gasteiger partial charge on any atom is -0.483 e.